The summed E-state index contributed by atoms with van der Waals surface area (Å²) in [6.07, 6.45) is 5.23. The molecule has 1 N–H and O–H groups in total. The number of pyridine rings is 1. The maximum atomic E-state index is 10.8. The first-order chi connectivity index (χ1) is 7.03. The minimum atomic E-state index is -3.91. The molecule has 5 heteroatoms. The molecule has 1 unspecified atom stereocenters. The quantitative estimate of drug-likeness (QED) is 0.611. The third kappa shape index (κ3) is 4.40. The van der Waals surface area contributed by atoms with Crippen molar-refractivity contribution in [2.45, 2.75) is 25.8 Å². The van der Waals surface area contributed by atoms with E-state index in [-0.39, 0.29) is 11.8 Å². The average Bonchev–Trinajstić information content (AvgIpc) is 2.17. The second-order valence-electron chi connectivity index (χ2n) is 3.51. The number of hydrogen-bond acceptors (Lipinski definition) is 2. The van der Waals surface area contributed by atoms with Crippen LogP contribution in [0, 0.1) is 0 Å². The van der Waals surface area contributed by atoms with Crippen molar-refractivity contribution in [1.29, 1.82) is 0 Å². The van der Waals surface area contributed by atoms with Crippen molar-refractivity contribution in [1.82, 2.24) is 0 Å². The van der Waals surface area contributed by atoms with Crippen molar-refractivity contribution in [2.75, 3.05) is 5.75 Å². The summed E-state index contributed by atoms with van der Waals surface area (Å²) in [6.45, 7) is 1.99. The van der Waals surface area contributed by atoms with Gasteiger partial charge in [-0.1, -0.05) is 13.0 Å². The Hall–Kier alpha value is -0.940. The van der Waals surface area contributed by atoms with Gasteiger partial charge in [0.2, 0.25) is 0 Å². The highest BCUT2D eigenvalue weighted by Crippen LogP contribution is 2.08. The zero-order chi connectivity index (χ0) is 11.3. The van der Waals surface area contributed by atoms with E-state index in [1.54, 1.807) is 0 Å². The van der Waals surface area contributed by atoms with Crippen molar-refractivity contribution in [2.24, 2.45) is 0 Å². The first kappa shape index (κ1) is 12.1. The smallest absolute Gasteiger partial charge is 0.271 e. The maximum Gasteiger partial charge on any atom is 0.271 e. The Morgan fingerprint density at radius 3 is 2.33 bits per heavy atom. The van der Waals surface area contributed by atoms with Crippen LogP contribution >= 0.6 is 0 Å². The third-order valence-corrected chi connectivity index (χ3v) is 2.99. The van der Waals surface area contributed by atoms with Gasteiger partial charge >= 0.3 is 0 Å². The van der Waals surface area contributed by atoms with Gasteiger partial charge < -0.3 is 0 Å². The molecule has 15 heavy (non-hydrogen) atoms. The van der Waals surface area contributed by atoms with Gasteiger partial charge in [-0.2, -0.15) is 8.42 Å². The van der Waals surface area contributed by atoms with E-state index < -0.39 is 10.1 Å². The van der Waals surface area contributed by atoms with Crippen molar-refractivity contribution >= 4 is 10.1 Å². The lowest BCUT2D eigenvalue weighted by Gasteiger charge is -2.09. The molecule has 1 rings (SSSR count). The summed E-state index contributed by atoms with van der Waals surface area (Å²) in [4.78, 5) is 0. The minimum absolute atomic E-state index is 0.189. The van der Waals surface area contributed by atoms with E-state index in [0.29, 0.717) is 0 Å². The third-order valence-electron chi connectivity index (χ3n) is 2.19. The first-order valence-corrected chi connectivity index (χ1v) is 6.55. The molecule has 0 aliphatic heterocycles. The zero-order valence-electron chi connectivity index (χ0n) is 8.70. The Bertz CT molecular complexity index is 388. The van der Waals surface area contributed by atoms with E-state index in [2.05, 4.69) is 0 Å². The highest BCUT2D eigenvalue weighted by molar-refractivity contribution is 7.85. The molecule has 4 nitrogen and oxygen atoms in total. The van der Waals surface area contributed by atoms with E-state index in [4.69, 9.17) is 4.55 Å². The van der Waals surface area contributed by atoms with Crippen molar-refractivity contribution in [3.05, 3.63) is 30.6 Å². The van der Waals surface area contributed by atoms with E-state index in [1.165, 1.54) is 0 Å². The molecule has 0 aliphatic rings. The van der Waals surface area contributed by atoms with Gasteiger partial charge in [0, 0.05) is 18.6 Å². The van der Waals surface area contributed by atoms with Crippen LogP contribution in [0.2, 0.25) is 0 Å². The van der Waals surface area contributed by atoms with E-state index in [1.807, 2.05) is 42.1 Å². The van der Waals surface area contributed by atoms with Gasteiger partial charge in [-0.25, -0.2) is 4.57 Å². The van der Waals surface area contributed by atoms with Crippen LogP contribution in [-0.2, 0) is 10.1 Å². The fourth-order valence-corrected chi connectivity index (χ4v) is 2.38. The van der Waals surface area contributed by atoms with Crippen LogP contribution in [0.25, 0.3) is 0 Å². The Balaban J connectivity index is 2.84. The normalized spacial score (nSPS) is 13.7. The SMILES string of the molecule is CCCC(CS(=O)(=O)O)[n+]1ccccc1. The monoisotopic (exact) mass is 230 g/mol. The Morgan fingerprint density at radius 1 is 1.27 bits per heavy atom. The number of aromatic nitrogens is 1. The molecule has 0 radical (unpaired) electrons. The zero-order valence-corrected chi connectivity index (χ0v) is 9.52. The largest absolute Gasteiger partial charge is 0.285 e. The number of nitrogens with zero attached hydrogens (tertiary/aromatic N) is 1. The summed E-state index contributed by atoms with van der Waals surface area (Å²) >= 11 is 0. The second kappa shape index (κ2) is 5.23. The van der Waals surface area contributed by atoms with Gasteiger partial charge in [-0.15, -0.1) is 0 Å². The molecule has 0 amide bonds. The lowest BCUT2D eigenvalue weighted by Crippen LogP contribution is -2.42. The topological polar surface area (TPSA) is 58.3 Å². The van der Waals surface area contributed by atoms with Crippen LogP contribution in [0.3, 0.4) is 0 Å². The van der Waals surface area contributed by atoms with Crippen molar-refractivity contribution in [3.8, 4) is 0 Å². The van der Waals surface area contributed by atoms with Crippen LogP contribution in [0.5, 0.6) is 0 Å². The minimum Gasteiger partial charge on any atom is -0.285 e. The van der Waals surface area contributed by atoms with Crippen LogP contribution in [-0.4, -0.2) is 18.7 Å². The first-order valence-electron chi connectivity index (χ1n) is 4.94. The molecular formula is C10H16NO3S+. The van der Waals surface area contributed by atoms with Gasteiger partial charge in [0.15, 0.2) is 18.4 Å². The maximum absolute atomic E-state index is 10.8. The summed E-state index contributed by atoms with van der Waals surface area (Å²) < 4.78 is 32.3. The summed E-state index contributed by atoms with van der Waals surface area (Å²) in [5.41, 5.74) is 0. The Labute approximate surface area is 90.3 Å². The summed E-state index contributed by atoms with van der Waals surface area (Å²) in [5.74, 6) is -0.227. The van der Waals surface area contributed by atoms with Gasteiger partial charge in [-0.3, -0.25) is 4.55 Å². The lowest BCUT2D eigenvalue weighted by molar-refractivity contribution is -0.719. The van der Waals surface area contributed by atoms with Crippen LogP contribution in [0.15, 0.2) is 30.6 Å². The molecule has 0 spiro atoms. The summed E-state index contributed by atoms with van der Waals surface area (Å²) in [6, 6.07) is 5.36. The second-order valence-corrected chi connectivity index (χ2v) is 5.01. The summed E-state index contributed by atoms with van der Waals surface area (Å²) in [7, 11) is -3.91. The number of hydrogen-bond donors (Lipinski definition) is 1. The molecule has 1 heterocycles. The molecule has 1 aromatic heterocycles. The predicted octanol–water partition coefficient (Wildman–Crippen LogP) is 1.20. The highest BCUT2D eigenvalue weighted by atomic mass is 32.2. The van der Waals surface area contributed by atoms with Gasteiger partial charge in [0.25, 0.3) is 10.1 Å². The average molecular weight is 230 g/mol. The molecule has 0 aromatic carbocycles. The van der Waals surface area contributed by atoms with Crippen LogP contribution < -0.4 is 4.57 Å². The number of rotatable bonds is 5. The van der Waals surface area contributed by atoms with Crippen molar-refractivity contribution in [3.63, 3.8) is 0 Å². The molecule has 0 saturated heterocycles. The van der Waals surface area contributed by atoms with Crippen LogP contribution in [0.4, 0.5) is 0 Å². The lowest BCUT2D eigenvalue weighted by atomic mass is 10.2. The van der Waals surface area contributed by atoms with E-state index >= 15 is 0 Å². The molecule has 0 fully saturated rings. The fraction of sp³-hybridized carbons (Fsp3) is 0.500. The summed E-state index contributed by atoms with van der Waals surface area (Å²) in [5, 5.41) is 0. The molecular weight excluding hydrogens is 214 g/mol. The molecule has 1 atom stereocenters. The van der Waals surface area contributed by atoms with Crippen molar-refractivity contribution < 1.29 is 17.5 Å². The van der Waals surface area contributed by atoms with Gasteiger partial charge in [0.1, 0.15) is 5.75 Å². The standard InChI is InChI=1S/C10H15NO3S/c1-2-6-10(9-15(12,13)14)11-7-4-3-5-8-11/h3-5,7-8,10H,2,6,9H2,1H3/p+1. The molecule has 0 saturated carbocycles. The molecule has 1 aromatic rings. The molecule has 84 valence electrons. The fourth-order valence-electron chi connectivity index (χ4n) is 1.55. The predicted molar refractivity (Wildman–Crippen MR) is 57.0 cm³/mol. The van der Waals surface area contributed by atoms with Gasteiger partial charge in [-0.05, 0) is 6.42 Å². The van der Waals surface area contributed by atoms with E-state index in [9.17, 15) is 8.42 Å². The highest BCUT2D eigenvalue weighted by Gasteiger charge is 2.23. The van der Waals surface area contributed by atoms with Crippen LogP contribution in [0.1, 0.15) is 25.8 Å². The van der Waals surface area contributed by atoms with Gasteiger partial charge in [0.05, 0.1) is 0 Å². The Kier molecular flexibility index (Phi) is 4.23. The molecule has 0 aliphatic carbocycles. The Morgan fingerprint density at radius 2 is 1.87 bits per heavy atom. The molecule has 0 bridgehead atoms. The van der Waals surface area contributed by atoms with E-state index in [0.717, 1.165) is 12.8 Å².